The zero-order valence-corrected chi connectivity index (χ0v) is 11.9. The van der Waals surface area contributed by atoms with Crippen molar-refractivity contribution in [2.75, 3.05) is 11.6 Å². The molecule has 0 radical (unpaired) electrons. The van der Waals surface area contributed by atoms with Crippen molar-refractivity contribution < 1.29 is 17.6 Å². The molecule has 1 aliphatic rings. The first-order chi connectivity index (χ1) is 9.29. The molecule has 1 saturated carbocycles. The Morgan fingerprint density at radius 3 is 2.70 bits per heavy atom. The van der Waals surface area contributed by atoms with E-state index in [-0.39, 0.29) is 17.3 Å². The summed E-state index contributed by atoms with van der Waals surface area (Å²) in [6.07, 6.45) is 3.17. The van der Waals surface area contributed by atoms with Gasteiger partial charge >= 0.3 is 0 Å². The lowest BCUT2D eigenvalue weighted by atomic mass is 10.1. The Morgan fingerprint density at radius 2 is 2.10 bits per heavy atom. The molecule has 0 bridgehead atoms. The molecule has 2 atom stereocenters. The number of halogens is 1. The second-order valence-corrected chi connectivity index (χ2v) is 7.37. The van der Waals surface area contributed by atoms with Crippen LogP contribution in [0.4, 0.5) is 10.1 Å². The monoisotopic (exact) mass is 300 g/mol. The second-order valence-electron chi connectivity index (χ2n) is 5.11. The number of primary amides is 1. The van der Waals surface area contributed by atoms with Gasteiger partial charge in [-0.25, -0.2) is 12.8 Å². The second kappa shape index (κ2) is 5.40. The first-order valence-corrected chi connectivity index (χ1v) is 8.29. The van der Waals surface area contributed by atoms with Gasteiger partial charge in [-0.05, 0) is 37.5 Å². The largest absolute Gasteiger partial charge is 0.379 e. The molecule has 110 valence electrons. The fourth-order valence-electron chi connectivity index (χ4n) is 2.59. The summed E-state index contributed by atoms with van der Waals surface area (Å²) in [5, 5.41) is 2.37. The van der Waals surface area contributed by atoms with Crippen LogP contribution in [0.1, 0.15) is 29.6 Å². The van der Waals surface area contributed by atoms with Crippen LogP contribution in [0.3, 0.4) is 0 Å². The number of anilines is 1. The smallest absolute Gasteiger partial charge is 0.248 e. The summed E-state index contributed by atoms with van der Waals surface area (Å²) in [4.78, 5) is 11.1. The van der Waals surface area contributed by atoms with E-state index in [9.17, 15) is 17.6 Å². The number of carbonyl (C=O) groups is 1. The van der Waals surface area contributed by atoms with E-state index in [1.807, 2.05) is 0 Å². The normalized spacial score (nSPS) is 22.7. The van der Waals surface area contributed by atoms with Crippen LogP contribution in [0.25, 0.3) is 0 Å². The summed E-state index contributed by atoms with van der Waals surface area (Å²) >= 11 is 0. The Balaban J connectivity index is 2.25. The fourth-order valence-corrected chi connectivity index (χ4v) is 3.99. The molecule has 1 fully saturated rings. The van der Waals surface area contributed by atoms with Gasteiger partial charge in [0.05, 0.1) is 10.9 Å². The number of sulfone groups is 1. The van der Waals surface area contributed by atoms with E-state index in [1.54, 1.807) is 0 Å². The molecule has 2 unspecified atom stereocenters. The third-order valence-corrected chi connectivity index (χ3v) is 5.26. The predicted molar refractivity (Wildman–Crippen MR) is 74.8 cm³/mol. The summed E-state index contributed by atoms with van der Waals surface area (Å²) in [6, 6.07) is 3.41. The number of rotatable bonds is 4. The van der Waals surface area contributed by atoms with Crippen molar-refractivity contribution in [2.45, 2.75) is 30.6 Å². The molecule has 0 aromatic heterocycles. The summed E-state index contributed by atoms with van der Waals surface area (Å²) < 4.78 is 37.1. The molecule has 3 N–H and O–H groups in total. The third-order valence-electron chi connectivity index (χ3n) is 3.59. The highest BCUT2D eigenvalue weighted by atomic mass is 32.2. The molecule has 20 heavy (non-hydrogen) atoms. The van der Waals surface area contributed by atoms with Gasteiger partial charge in [0.25, 0.3) is 0 Å². The number of hydrogen-bond donors (Lipinski definition) is 2. The lowest BCUT2D eigenvalue weighted by Crippen LogP contribution is -2.34. The maximum Gasteiger partial charge on any atom is 0.248 e. The van der Waals surface area contributed by atoms with Gasteiger partial charge in [0.2, 0.25) is 5.91 Å². The van der Waals surface area contributed by atoms with Gasteiger partial charge in [0.1, 0.15) is 5.82 Å². The molecule has 0 aliphatic heterocycles. The SMILES string of the molecule is CS(=O)(=O)C1CCCC1Nc1cc(C(N)=O)ccc1F. The number of amides is 1. The average Bonchev–Trinajstić information content (AvgIpc) is 2.79. The minimum atomic E-state index is -3.19. The maximum absolute atomic E-state index is 13.7. The van der Waals surface area contributed by atoms with Crippen molar-refractivity contribution >= 4 is 21.4 Å². The number of hydrogen-bond acceptors (Lipinski definition) is 4. The van der Waals surface area contributed by atoms with Gasteiger partial charge in [0.15, 0.2) is 9.84 Å². The van der Waals surface area contributed by atoms with Crippen LogP contribution in [0, 0.1) is 5.82 Å². The van der Waals surface area contributed by atoms with Crippen LogP contribution in [-0.2, 0) is 9.84 Å². The quantitative estimate of drug-likeness (QED) is 0.877. The Kier molecular flexibility index (Phi) is 3.99. The zero-order chi connectivity index (χ0) is 14.9. The van der Waals surface area contributed by atoms with E-state index in [0.717, 1.165) is 12.5 Å². The summed E-state index contributed by atoms with van der Waals surface area (Å²) in [6.45, 7) is 0. The maximum atomic E-state index is 13.7. The molecule has 0 saturated heterocycles. The van der Waals surface area contributed by atoms with E-state index in [2.05, 4.69) is 5.32 Å². The molecule has 1 aromatic rings. The Bertz CT molecular complexity index is 631. The van der Waals surface area contributed by atoms with Crippen LogP contribution >= 0.6 is 0 Å². The lowest BCUT2D eigenvalue weighted by Gasteiger charge is -2.21. The molecular formula is C13H17FN2O3S. The number of nitrogens with one attached hydrogen (secondary N) is 1. The van der Waals surface area contributed by atoms with E-state index < -0.39 is 26.8 Å². The highest BCUT2D eigenvalue weighted by Gasteiger charge is 2.35. The van der Waals surface area contributed by atoms with E-state index in [1.165, 1.54) is 18.4 Å². The molecule has 1 aromatic carbocycles. The summed E-state index contributed by atoms with van der Waals surface area (Å²) in [5.74, 6) is -1.19. The molecule has 0 heterocycles. The molecule has 5 nitrogen and oxygen atoms in total. The van der Waals surface area contributed by atoms with Crippen LogP contribution in [0.15, 0.2) is 18.2 Å². The van der Waals surface area contributed by atoms with Crippen LogP contribution in [-0.4, -0.2) is 31.9 Å². The van der Waals surface area contributed by atoms with Crippen molar-refractivity contribution in [3.05, 3.63) is 29.6 Å². The first kappa shape index (κ1) is 14.8. The minimum absolute atomic E-state index is 0.113. The van der Waals surface area contributed by atoms with Crippen molar-refractivity contribution in [3.8, 4) is 0 Å². The summed E-state index contributed by atoms with van der Waals surface area (Å²) in [7, 11) is -3.19. The first-order valence-electron chi connectivity index (χ1n) is 6.34. The van der Waals surface area contributed by atoms with Gasteiger partial charge in [-0.15, -0.1) is 0 Å². The molecule has 0 spiro atoms. The molecular weight excluding hydrogens is 283 g/mol. The van der Waals surface area contributed by atoms with Gasteiger partial charge in [0, 0.05) is 17.9 Å². The Labute approximate surface area is 117 Å². The molecule has 1 amide bonds. The molecule has 2 rings (SSSR count). The van der Waals surface area contributed by atoms with E-state index >= 15 is 0 Å². The predicted octanol–water partition coefficient (Wildman–Crippen LogP) is 1.30. The van der Waals surface area contributed by atoms with Crippen molar-refractivity contribution in [2.24, 2.45) is 5.73 Å². The van der Waals surface area contributed by atoms with Crippen molar-refractivity contribution in [3.63, 3.8) is 0 Å². The topological polar surface area (TPSA) is 89.3 Å². The van der Waals surface area contributed by atoms with Crippen LogP contribution < -0.4 is 11.1 Å². The fraction of sp³-hybridized carbons (Fsp3) is 0.462. The van der Waals surface area contributed by atoms with Crippen molar-refractivity contribution in [1.82, 2.24) is 0 Å². The number of benzene rings is 1. The highest BCUT2D eigenvalue weighted by Crippen LogP contribution is 2.29. The number of nitrogens with two attached hydrogens (primary N) is 1. The van der Waals surface area contributed by atoms with Gasteiger partial charge in [-0.2, -0.15) is 0 Å². The van der Waals surface area contributed by atoms with Gasteiger partial charge in [-0.1, -0.05) is 0 Å². The van der Waals surface area contributed by atoms with Gasteiger partial charge in [-0.3, -0.25) is 4.79 Å². The van der Waals surface area contributed by atoms with Crippen LogP contribution in [0.2, 0.25) is 0 Å². The van der Waals surface area contributed by atoms with E-state index in [0.29, 0.717) is 12.8 Å². The van der Waals surface area contributed by atoms with Crippen molar-refractivity contribution in [1.29, 1.82) is 0 Å². The number of carbonyl (C=O) groups excluding carboxylic acids is 1. The average molecular weight is 300 g/mol. The summed E-state index contributed by atoms with van der Waals surface area (Å²) in [5.41, 5.74) is 5.45. The third kappa shape index (κ3) is 3.09. The zero-order valence-electron chi connectivity index (χ0n) is 11.1. The van der Waals surface area contributed by atoms with E-state index in [4.69, 9.17) is 5.73 Å². The van der Waals surface area contributed by atoms with Gasteiger partial charge < -0.3 is 11.1 Å². The highest BCUT2D eigenvalue weighted by molar-refractivity contribution is 7.91. The lowest BCUT2D eigenvalue weighted by molar-refractivity contribution is 0.100. The Hall–Kier alpha value is -1.63. The van der Waals surface area contributed by atoms with Crippen LogP contribution in [0.5, 0.6) is 0 Å². The minimum Gasteiger partial charge on any atom is -0.379 e. The standard InChI is InChI=1S/C13H17FN2O3S/c1-20(18,19)12-4-2-3-10(12)16-11-7-8(13(15)17)5-6-9(11)14/h5-7,10,12,16H,2-4H2,1H3,(H2,15,17). The Morgan fingerprint density at radius 1 is 1.40 bits per heavy atom. The molecule has 7 heteroatoms. The molecule has 1 aliphatic carbocycles.